The summed E-state index contributed by atoms with van der Waals surface area (Å²) >= 11 is 1.71. The highest BCUT2D eigenvalue weighted by Gasteiger charge is 2.10. The number of aliphatic imine (C=N–C) groups is 1. The number of aromatic nitrogens is 1. The SMILES string of the molecule is CN=C(NCc1csc(C(C)C)n1)N(C)CCc1ccc(OC)c(OC)c1. The second-order valence-corrected chi connectivity index (χ2v) is 7.48. The molecule has 0 unspecified atom stereocenters. The van der Waals surface area contributed by atoms with Crippen LogP contribution in [0, 0.1) is 0 Å². The molecule has 0 spiro atoms. The van der Waals surface area contributed by atoms with Crippen LogP contribution >= 0.6 is 11.3 Å². The molecule has 6 nitrogen and oxygen atoms in total. The van der Waals surface area contributed by atoms with Crippen molar-refractivity contribution < 1.29 is 9.47 Å². The van der Waals surface area contributed by atoms with Gasteiger partial charge >= 0.3 is 0 Å². The molecule has 2 aromatic rings. The zero-order chi connectivity index (χ0) is 19.8. The lowest BCUT2D eigenvalue weighted by atomic mass is 10.1. The fourth-order valence-electron chi connectivity index (χ4n) is 2.66. The molecule has 1 aromatic heterocycles. The molecule has 0 saturated heterocycles. The Hall–Kier alpha value is -2.28. The van der Waals surface area contributed by atoms with Gasteiger partial charge in [-0.25, -0.2) is 4.98 Å². The van der Waals surface area contributed by atoms with Crippen LogP contribution in [0.3, 0.4) is 0 Å². The summed E-state index contributed by atoms with van der Waals surface area (Å²) in [6.07, 6.45) is 0.881. The number of guanidine groups is 1. The quantitative estimate of drug-likeness (QED) is 0.552. The van der Waals surface area contributed by atoms with Crippen molar-refractivity contribution in [3.05, 3.63) is 39.8 Å². The van der Waals surface area contributed by atoms with E-state index in [1.807, 2.05) is 19.2 Å². The molecular weight excluding hydrogens is 360 g/mol. The molecule has 2 rings (SSSR count). The third-order valence-corrected chi connectivity index (χ3v) is 5.44. The van der Waals surface area contributed by atoms with Gasteiger partial charge < -0.3 is 19.7 Å². The van der Waals surface area contributed by atoms with Crippen molar-refractivity contribution in [2.24, 2.45) is 4.99 Å². The van der Waals surface area contributed by atoms with Gasteiger partial charge in [0.2, 0.25) is 0 Å². The third kappa shape index (κ3) is 5.85. The van der Waals surface area contributed by atoms with Crippen molar-refractivity contribution in [1.82, 2.24) is 15.2 Å². The van der Waals surface area contributed by atoms with Gasteiger partial charge in [-0.2, -0.15) is 0 Å². The average Bonchev–Trinajstić information content (AvgIpc) is 3.15. The molecule has 1 aromatic carbocycles. The number of methoxy groups -OCH3 is 2. The topological polar surface area (TPSA) is 59.0 Å². The molecule has 0 aliphatic heterocycles. The van der Waals surface area contributed by atoms with E-state index in [1.54, 1.807) is 32.6 Å². The maximum absolute atomic E-state index is 5.38. The number of hydrogen-bond acceptors (Lipinski definition) is 5. The maximum atomic E-state index is 5.38. The van der Waals surface area contributed by atoms with Gasteiger partial charge in [-0.05, 0) is 24.1 Å². The minimum absolute atomic E-state index is 0.465. The van der Waals surface area contributed by atoms with E-state index in [9.17, 15) is 0 Å². The van der Waals surface area contributed by atoms with Crippen LogP contribution in [0.5, 0.6) is 11.5 Å². The highest BCUT2D eigenvalue weighted by Crippen LogP contribution is 2.27. The molecule has 0 atom stereocenters. The Bertz CT molecular complexity index is 758. The second kappa shape index (κ2) is 10.2. The maximum Gasteiger partial charge on any atom is 0.193 e. The first-order valence-electron chi connectivity index (χ1n) is 9.05. The second-order valence-electron chi connectivity index (χ2n) is 6.59. The number of benzene rings is 1. The molecule has 0 fully saturated rings. The molecule has 0 saturated carbocycles. The van der Waals surface area contributed by atoms with Crippen LogP contribution in [-0.4, -0.2) is 50.7 Å². The number of likely N-dealkylation sites (N-methyl/N-ethyl adjacent to an activating group) is 1. The summed E-state index contributed by atoms with van der Waals surface area (Å²) in [5.41, 5.74) is 2.24. The Morgan fingerprint density at radius 3 is 2.59 bits per heavy atom. The predicted molar refractivity (Wildman–Crippen MR) is 112 cm³/mol. The molecule has 0 aliphatic rings. The van der Waals surface area contributed by atoms with Crippen molar-refractivity contribution in [3.8, 4) is 11.5 Å². The zero-order valence-electron chi connectivity index (χ0n) is 17.1. The standard InChI is InChI=1S/C20H30N4O2S/c1-14(2)19-23-16(13-27-19)12-22-20(21-3)24(4)10-9-15-7-8-17(25-5)18(11-15)26-6/h7-8,11,13-14H,9-10,12H2,1-6H3,(H,21,22). The minimum Gasteiger partial charge on any atom is -0.493 e. The Morgan fingerprint density at radius 2 is 2.00 bits per heavy atom. The molecule has 0 amide bonds. The van der Waals surface area contributed by atoms with Gasteiger partial charge in [0.05, 0.1) is 31.5 Å². The monoisotopic (exact) mass is 390 g/mol. The molecule has 148 valence electrons. The van der Waals surface area contributed by atoms with Crippen molar-refractivity contribution in [2.75, 3.05) is 34.9 Å². The largest absolute Gasteiger partial charge is 0.493 e. The van der Waals surface area contributed by atoms with Gasteiger partial charge in [0.15, 0.2) is 17.5 Å². The number of hydrogen-bond donors (Lipinski definition) is 1. The van der Waals surface area contributed by atoms with Crippen molar-refractivity contribution in [2.45, 2.75) is 32.7 Å². The first-order chi connectivity index (χ1) is 13.0. The summed E-state index contributed by atoms with van der Waals surface area (Å²) in [7, 11) is 7.14. The van der Waals surface area contributed by atoms with Crippen LogP contribution in [-0.2, 0) is 13.0 Å². The number of ether oxygens (including phenoxy) is 2. The lowest BCUT2D eigenvalue weighted by Crippen LogP contribution is -2.39. The number of thiazole rings is 1. The van der Waals surface area contributed by atoms with Crippen LogP contribution < -0.4 is 14.8 Å². The molecule has 7 heteroatoms. The van der Waals surface area contributed by atoms with Crippen LogP contribution in [0.4, 0.5) is 0 Å². The van der Waals surface area contributed by atoms with E-state index < -0.39 is 0 Å². The van der Waals surface area contributed by atoms with Crippen LogP contribution in [0.15, 0.2) is 28.6 Å². The summed E-state index contributed by atoms with van der Waals surface area (Å²) in [6.45, 7) is 5.84. The summed E-state index contributed by atoms with van der Waals surface area (Å²) < 4.78 is 10.7. The van der Waals surface area contributed by atoms with Gasteiger partial charge in [0.25, 0.3) is 0 Å². The molecule has 0 aliphatic carbocycles. The summed E-state index contributed by atoms with van der Waals surface area (Å²) in [4.78, 5) is 11.2. The van der Waals surface area contributed by atoms with Crippen LogP contribution in [0.25, 0.3) is 0 Å². The summed E-state index contributed by atoms with van der Waals surface area (Å²) in [5.74, 6) is 2.82. The molecular formula is C20H30N4O2S. The van der Waals surface area contributed by atoms with Gasteiger partial charge in [0.1, 0.15) is 0 Å². The van der Waals surface area contributed by atoms with E-state index in [1.165, 1.54) is 10.6 Å². The Balaban J connectivity index is 1.90. The normalized spacial score (nSPS) is 11.6. The number of nitrogens with zero attached hydrogens (tertiary/aromatic N) is 3. The van der Waals surface area contributed by atoms with Crippen molar-refractivity contribution >= 4 is 17.3 Å². The summed E-state index contributed by atoms with van der Waals surface area (Å²) in [5, 5.41) is 6.67. The first-order valence-corrected chi connectivity index (χ1v) is 9.93. The van der Waals surface area contributed by atoms with Gasteiger partial charge in [-0.1, -0.05) is 19.9 Å². The van der Waals surface area contributed by atoms with Crippen molar-refractivity contribution in [1.29, 1.82) is 0 Å². The Labute approximate surface area is 166 Å². The van der Waals surface area contributed by atoms with E-state index in [4.69, 9.17) is 9.47 Å². The van der Waals surface area contributed by atoms with Crippen LogP contribution in [0.2, 0.25) is 0 Å². The molecule has 1 heterocycles. The molecule has 27 heavy (non-hydrogen) atoms. The van der Waals surface area contributed by atoms with E-state index in [2.05, 4.69) is 45.5 Å². The smallest absolute Gasteiger partial charge is 0.193 e. The van der Waals surface area contributed by atoms with E-state index >= 15 is 0 Å². The molecule has 1 N–H and O–H groups in total. The van der Waals surface area contributed by atoms with E-state index in [-0.39, 0.29) is 0 Å². The van der Waals surface area contributed by atoms with E-state index in [0.29, 0.717) is 12.5 Å². The Kier molecular flexibility index (Phi) is 7.91. The van der Waals surface area contributed by atoms with E-state index in [0.717, 1.165) is 36.1 Å². The summed E-state index contributed by atoms with van der Waals surface area (Å²) in [6, 6.07) is 6.02. The van der Waals surface area contributed by atoms with Gasteiger partial charge in [-0.3, -0.25) is 4.99 Å². The fraction of sp³-hybridized carbons (Fsp3) is 0.500. The van der Waals surface area contributed by atoms with Crippen LogP contribution in [0.1, 0.15) is 36.0 Å². The molecule has 0 radical (unpaired) electrons. The molecule has 0 bridgehead atoms. The van der Waals surface area contributed by atoms with Crippen molar-refractivity contribution in [3.63, 3.8) is 0 Å². The highest BCUT2D eigenvalue weighted by atomic mass is 32.1. The zero-order valence-corrected chi connectivity index (χ0v) is 17.9. The van der Waals surface area contributed by atoms with Gasteiger partial charge in [-0.15, -0.1) is 11.3 Å². The lowest BCUT2D eigenvalue weighted by molar-refractivity contribution is 0.354. The number of rotatable bonds is 8. The minimum atomic E-state index is 0.465. The third-order valence-electron chi connectivity index (χ3n) is 4.25. The van der Waals surface area contributed by atoms with Gasteiger partial charge in [0, 0.05) is 31.9 Å². The highest BCUT2D eigenvalue weighted by molar-refractivity contribution is 7.09. The number of nitrogens with one attached hydrogen (secondary N) is 1. The lowest BCUT2D eigenvalue weighted by Gasteiger charge is -2.22. The Morgan fingerprint density at radius 1 is 1.26 bits per heavy atom. The fourth-order valence-corrected chi connectivity index (χ4v) is 3.50. The average molecular weight is 391 g/mol. The first kappa shape index (κ1) is 21.0. The predicted octanol–water partition coefficient (Wildman–Crippen LogP) is 3.53.